The molecule has 2 aromatic rings. The topological polar surface area (TPSA) is 70.5 Å². The Morgan fingerprint density at radius 1 is 1.42 bits per heavy atom. The van der Waals surface area contributed by atoms with Crippen LogP contribution in [0.4, 0.5) is 0 Å². The first-order chi connectivity index (χ1) is 11.5. The Kier molecular flexibility index (Phi) is 3.42. The summed E-state index contributed by atoms with van der Waals surface area (Å²) in [6.07, 6.45) is 2.85. The number of aromatic nitrogens is 1. The maximum Gasteiger partial charge on any atom is 0.311 e. The van der Waals surface area contributed by atoms with Gasteiger partial charge in [0.1, 0.15) is 0 Å². The number of benzene rings is 1. The van der Waals surface area contributed by atoms with Gasteiger partial charge in [-0.25, -0.2) is 4.98 Å². The van der Waals surface area contributed by atoms with Crippen molar-refractivity contribution >= 4 is 33.4 Å². The Morgan fingerprint density at radius 2 is 2.21 bits per heavy atom. The first kappa shape index (κ1) is 15.6. The van der Waals surface area contributed by atoms with E-state index in [4.69, 9.17) is 0 Å². The first-order valence-electron chi connectivity index (χ1n) is 8.39. The molecule has 0 aliphatic carbocycles. The second-order valence-electron chi connectivity index (χ2n) is 6.89. The maximum atomic E-state index is 13.1. The minimum atomic E-state index is -0.774. The van der Waals surface area contributed by atoms with E-state index in [1.165, 1.54) is 0 Å². The summed E-state index contributed by atoms with van der Waals surface area (Å²) in [6.45, 7) is 3.87. The fraction of sp³-hybridized carbons (Fsp3) is 0.500. The van der Waals surface area contributed by atoms with Gasteiger partial charge in [-0.1, -0.05) is 6.92 Å². The van der Waals surface area contributed by atoms with E-state index in [1.807, 2.05) is 36.9 Å². The quantitative estimate of drug-likeness (QED) is 0.925. The van der Waals surface area contributed by atoms with E-state index in [2.05, 4.69) is 4.98 Å². The van der Waals surface area contributed by atoms with E-state index in [0.717, 1.165) is 28.1 Å². The Morgan fingerprint density at radius 3 is 2.88 bits per heavy atom. The number of fused-ring (bicyclic) bond motifs is 3. The minimum absolute atomic E-state index is 0.0352. The number of aryl methyl sites for hydroxylation is 1. The van der Waals surface area contributed by atoms with E-state index >= 15 is 0 Å². The predicted octanol–water partition coefficient (Wildman–Crippen LogP) is 3.46. The standard InChI is InChI=1S/C18H20N2O3S/c1-3-18(17(22)23)9-12-5-7-15(18)20(12)16(21)11-4-6-13-14(8-11)24-10(2)19-13/h4,6,8,12,15H,3,5,7,9H2,1-2H3,(H,22,23)/t12-,15+,18+/m0/s1. The van der Waals surface area contributed by atoms with E-state index in [9.17, 15) is 14.7 Å². The van der Waals surface area contributed by atoms with E-state index in [-0.39, 0.29) is 18.0 Å². The number of carboxylic acid groups (broad SMARTS) is 1. The molecule has 3 atom stereocenters. The van der Waals surface area contributed by atoms with Gasteiger partial charge in [0.25, 0.3) is 5.91 Å². The molecule has 1 amide bonds. The number of carboxylic acids is 1. The average molecular weight is 344 g/mol. The molecular formula is C18H20N2O3S. The zero-order valence-corrected chi connectivity index (χ0v) is 14.6. The molecule has 2 saturated heterocycles. The molecule has 2 fully saturated rings. The van der Waals surface area contributed by atoms with Crippen LogP contribution < -0.4 is 0 Å². The molecule has 5 nitrogen and oxygen atoms in total. The summed E-state index contributed by atoms with van der Waals surface area (Å²) in [5.41, 5.74) is 0.774. The summed E-state index contributed by atoms with van der Waals surface area (Å²) in [6, 6.07) is 5.47. The van der Waals surface area contributed by atoms with Gasteiger partial charge in [0.15, 0.2) is 0 Å². The predicted molar refractivity (Wildman–Crippen MR) is 92.3 cm³/mol. The lowest BCUT2D eigenvalue weighted by molar-refractivity contribution is -0.151. The molecule has 0 unspecified atom stereocenters. The molecule has 24 heavy (non-hydrogen) atoms. The molecule has 2 bridgehead atoms. The van der Waals surface area contributed by atoms with Crippen LogP contribution in [0.15, 0.2) is 18.2 Å². The Labute approximate surface area is 144 Å². The van der Waals surface area contributed by atoms with Crippen molar-refractivity contribution in [2.75, 3.05) is 0 Å². The third kappa shape index (κ3) is 2.02. The number of amides is 1. The zero-order chi connectivity index (χ0) is 17.1. The van der Waals surface area contributed by atoms with Crippen LogP contribution >= 0.6 is 11.3 Å². The van der Waals surface area contributed by atoms with Gasteiger partial charge in [-0.2, -0.15) is 0 Å². The highest BCUT2D eigenvalue weighted by molar-refractivity contribution is 7.18. The average Bonchev–Trinajstić information content (AvgIpc) is 3.22. The largest absolute Gasteiger partial charge is 0.481 e. The monoisotopic (exact) mass is 344 g/mol. The van der Waals surface area contributed by atoms with Gasteiger partial charge in [-0.05, 0) is 50.8 Å². The number of carbonyl (C=O) groups excluding carboxylic acids is 1. The maximum absolute atomic E-state index is 13.1. The van der Waals surface area contributed by atoms with Crippen molar-refractivity contribution < 1.29 is 14.7 Å². The molecule has 0 spiro atoms. The molecule has 2 aliphatic heterocycles. The van der Waals surface area contributed by atoms with Crippen molar-refractivity contribution in [2.24, 2.45) is 5.41 Å². The van der Waals surface area contributed by atoms with Crippen molar-refractivity contribution in [1.82, 2.24) is 9.88 Å². The summed E-state index contributed by atoms with van der Waals surface area (Å²) in [4.78, 5) is 31.3. The minimum Gasteiger partial charge on any atom is -0.481 e. The number of hydrogen-bond donors (Lipinski definition) is 1. The zero-order valence-electron chi connectivity index (χ0n) is 13.8. The molecule has 126 valence electrons. The third-order valence-corrected chi connectivity index (χ3v) is 6.71. The Hall–Kier alpha value is -1.95. The summed E-state index contributed by atoms with van der Waals surface area (Å²) >= 11 is 1.58. The van der Waals surface area contributed by atoms with E-state index in [1.54, 1.807) is 11.3 Å². The lowest BCUT2D eigenvalue weighted by Gasteiger charge is -2.32. The molecule has 3 heterocycles. The summed E-state index contributed by atoms with van der Waals surface area (Å²) in [5, 5.41) is 10.7. The fourth-order valence-electron chi connectivity index (χ4n) is 4.57. The highest BCUT2D eigenvalue weighted by Crippen LogP contribution is 2.52. The SMILES string of the molecule is CC[C@@]1(C(=O)O)C[C@@H]2CC[C@H]1N2C(=O)c1ccc2nc(C)sc2c1. The van der Waals surface area contributed by atoms with Gasteiger partial charge in [0.2, 0.25) is 0 Å². The van der Waals surface area contributed by atoms with Crippen molar-refractivity contribution in [1.29, 1.82) is 0 Å². The van der Waals surface area contributed by atoms with Gasteiger partial charge < -0.3 is 10.0 Å². The molecule has 1 N–H and O–H groups in total. The lowest BCUT2D eigenvalue weighted by Crippen LogP contribution is -2.44. The summed E-state index contributed by atoms with van der Waals surface area (Å²) in [5.74, 6) is -0.796. The van der Waals surface area contributed by atoms with Crippen LogP contribution in [0.25, 0.3) is 10.2 Å². The third-order valence-electron chi connectivity index (χ3n) is 5.77. The van der Waals surface area contributed by atoms with E-state index in [0.29, 0.717) is 18.4 Å². The van der Waals surface area contributed by atoms with Crippen LogP contribution in [-0.4, -0.2) is 39.0 Å². The van der Waals surface area contributed by atoms with Crippen molar-refractivity contribution in [3.05, 3.63) is 28.8 Å². The van der Waals surface area contributed by atoms with Crippen molar-refractivity contribution in [2.45, 2.75) is 51.6 Å². The second kappa shape index (κ2) is 5.28. The number of thiazole rings is 1. The molecule has 0 radical (unpaired) electrons. The summed E-state index contributed by atoms with van der Waals surface area (Å²) in [7, 11) is 0. The molecule has 0 saturated carbocycles. The van der Waals surface area contributed by atoms with Crippen molar-refractivity contribution in [3.8, 4) is 0 Å². The van der Waals surface area contributed by atoms with Crippen LogP contribution in [0, 0.1) is 12.3 Å². The second-order valence-corrected chi connectivity index (χ2v) is 8.13. The van der Waals surface area contributed by atoms with Crippen molar-refractivity contribution in [3.63, 3.8) is 0 Å². The van der Waals surface area contributed by atoms with Crippen LogP contribution in [0.2, 0.25) is 0 Å². The highest BCUT2D eigenvalue weighted by Gasteiger charge is 2.60. The van der Waals surface area contributed by atoms with Gasteiger partial charge in [-0.3, -0.25) is 9.59 Å². The van der Waals surface area contributed by atoms with Crippen LogP contribution in [0.5, 0.6) is 0 Å². The number of rotatable bonds is 3. The van der Waals surface area contributed by atoms with Gasteiger partial charge in [-0.15, -0.1) is 11.3 Å². The number of hydrogen-bond acceptors (Lipinski definition) is 4. The highest BCUT2D eigenvalue weighted by atomic mass is 32.1. The first-order valence-corrected chi connectivity index (χ1v) is 9.21. The molecule has 2 aliphatic rings. The number of carbonyl (C=O) groups is 2. The van der Waals surface area contributed by atoms with Crippen LogP contribution in [0.1, 0.15) is 48.0 Å². The molecule has 6 heteroatoms. The number of nitrogens with zero attached hydrogens (tertiary/aromatic N) is 2. The molecule has 1 aromatic carbocycles. The van der Waals surface area contributed by atoms with E-state index < -0.39 is 11.4 Å². The van der Waals surface area contributed by atoms with Gasteiger partial charge in [0.05, 0.1) is 20.6 Å². The molecule has 4 rings (SSSR count). The fourth-order valence-corrected chi connectivity index (χ4v) is 5.44. The smallest absolute Gasteiger partial charge is 0.311 e. The van der Waals surface area contributed by atoms with Gasteiger partial charge >= 0.3 is 5.97 Å². The summed E-state index contributed by atoms with van der Waals surface area (Å²) < 4.78 is 1.00. The lowest BCUT2D eigenvalue weighted by atomic mass is 9.72. The Bertz CT molecular complexity index is 846. The van der Waals surface area contributed by atoms with Crippen LogP contribution in [-0.2, 0) is 4.79 Å². The Balaban J connectivity index is 1.70. The normalized spacial score (nSPS) is 28.7. The van der Waals surface area contributed by atoms with Crippen LogP contribution in [0.3, 0.4) is 0 Å². The molecular weight excluding hydrogens is 324 g/mol. The number of aliphatic carboxylic acids is 1. The molecule has 1 aromatic heterocycles. The van der Waals surface area contributed by atoms with Gasteiger partial charge in [0, 0.05) is 17.6 Å².